The van der Waals surface area contributed by atoms with Crippen molar-refractivity contribution in [2.24, 2.45) is 0 Å². The first kappa shape index (κ1) is 16.0. The van der Waals surface area contributed by atoms with E-state index in [0.29, 0.717) is 22.7 Å². The number of hydrogen-bond donors (Lipinski definition) is 1. The Morgan fingerprint density at radius 3 is 2.71 bits per heavy atom. The maximum absolute atomic E-state index is 13.2. The molecular weight excluding hydrogens is 311 g/mol. The van der Waals surface area contributed by atoms with Gasteiger partial charge in [-0.3, -0.25) is 9.59 Å². The molecule has 5 nitrogen and oxygen atoms in total. The molecule has 0 saturated carbocycles. The lowest BCUT2D eigenvalue weighted by Crippen LogP contribution is -2.48. The van der Waals surface area contributed by atoms with Gasteiger partial charge in [0.1, 0.15) is 11.6 Å². The van der Waals surface area contributed by atoms with Crippen LogP contribution in [0.4, 0.5) is 15.8 Å². The van der Waals surface area contributed by atoms with Crippen LogP contribution in [0, 0.1) is 12.7 Å². The average Bonchev–Trinajstić information content (AvgIpc) is 2.56. The van der Waals surface area contributed by atoms with Crippen LogP contribution in [-0.4, -0.2) is 24.5 Å². The van der Waals surface area contributed by atoms with Crippen molar-refractivity contribution in [3.05, 3.63) is 53.8 Å². The molecule has 2 amide bonds. The minimum atomic E-state index is -0.840. The molecule has 0 unspecified atom stereocenters. The Morgan fingerprint density at radius 1 is 1.25 bits per heavy atom. The molecule has 6 heteroatoms. The fourth-order valence-corrected chi connectivity index (χ4v) is 2.65. The number of halogens is 1. The Kier molecular flexibility index (Phi) is 4.20. The fourth-order valence-electron chi connectivity index (χ4n) is 2.65. The van der Waals surface area contributed by atoms with E-state index in [2.05, 4.69) is 5.32 Å². The van der Waals surface area contributed by atoms with E-state index >= 15 is 0 Å². The van der Waals surface area contributed by atoms with Crippen molar-refractivity contribution in [1.29, 1.82) is 0 Å². The first-order chi connectivity index (χ1) is 11.5. The number of amides is 2. The van der Waals surface area contributed by atoms with Crippen LogP contribution in [0.5, 0.6) is 5.75 Å². The molecule has 0 spiro atoms. The number of nitrogens with one attached hydrogen (secondary N) is 1. The number of fused-ring (bicyclic) bond motifs is 1. The highest BCUT2D eigenvalue weighted by Crippen LogP contribution is 2.33. The highest BCUT2D eigenvalue weighted by molar-refractivity contribution is 5.99. The molecule has 1 heterocycles. The molecule has 0 fully saturated rings. The standard InChI is InChI=1S/C18H17FN2O3/c1-11-9-13(19)7-8-14(11)20-18(23)17-10-21(12(2)22)15-5-3-4-6-16(15)24-17/h3-9,17H,10H2,1-2H3,(H,20,23)/t17-/m1/s1. The first-order valence-electron chi connectivity index (χ1n) is 7.56. The summed E-state index contributed by atoms with van der Waals surface area (Å²) in [6.45, 7) is 3.28. The van der Waals surface area contributed by atoms with Gasteiger partial charge in [0.25, 0.3) is 5.91 Å². The van der Waals surface area contributed by atoms with Crippen LogP contribution in [0.15, 0.2) is 42.5 Å². The summed E-state index contributed by atoms with van der Waals surface area (Å²) in [6.07, 6.45) is -0.840. The van der Waals surface area contributed by atoms with Crippen molar-refractivity contribution in [1.82, 2.24) is 0 Å². The highest BCUT2D eigenvalue weighted by atomic mass is 19.1. The number of rotatable bonds is 2. The number of hydrogen-bond acceptors (Lipinski definition) is 3. The maximum atomic E-state index is 13.2. The summed E-state index contributed by atoms with van der Waals surface area (Å²) in [7, 11) is 0. The zero-order chi connectivity index (χ0) is 17.3. The van der Waals surface area contributed by atoms with Crippen molar-refractivity contribution < 1.29 is 18.7 Å². The van der Waals surface area contributed by atoms with Gasteiger partial charge in [0, 0.05) is 12.6 Å². The summed E-state index contributed by atoms with van der Waals surface area (Å²) in [4.78, 5) is 25.9. The van der Waals surface area contributed by atoms with Crippen molar-refractivity contribution >= 4 is 23.2 Å². The van der Waals surface area contributed by atoms with Gasteiger partial charge in [0.2, 0.25) is 5.91 Å². The molecule has 1 aliphatic heterocycles. The van der Waals surface area contributed by atoms with Gasteiger partial charge < -0.3 is 15.0 Å². The Balaban J connectivity index is 1.82. The Hall–Kier alpha value is -2.89. The van der Waals surface area contributed by atoms with Gasteiger partial charge in [-0.15, -0.1) is 0 Å². The number of aryl methyl sites for hydroxylation is 1. The number of ether oxygens (including phenoxy) is 1. The van der Waals surface area contributed by atoms with Crippen molar-refractivity contribution in [2.45, 2.75) is 20.0 Å². The topological polar surface area (TPSA) is 58.6 Å². The van der Waals surface area contributed by atoms with Gasteiger partial charge >= 0.3 is 0 Å². The summed E-state index contributed by atoms with van der Waals surface area (Å²) in [5.74, 6) is -0.432. The summed E-state index contributed by atoms with van der Waals surface area (Å²) >= 11 is 0. The first-order valence-corrected chi connectivity index (χ1v) is 7.56. The lowest BCUT2D eigenvalue weighted by molar-refractivity contribution is -0.123. The molecule has 3 rings (SSSR count). The molecule has 124 valence electrons. The predicted octanol–water partition coefficient (Wildman–Crippen LogP) is 2.89. The Labute approximate surface area is 139 Å². The van der Waals surface area contributed by atoms with Crippen LogP contribution in [0.1, 0.15) is 12.5 Å². The van der Waals surface area contributed by atoms with E-state index in [-0.39, 0.29) is 24.2 Å². The number of para-hydroxylation sites is 2. The summed E-state index contributed by atoms with van der Waals surface area (Å²) < 4.78 is 18.9. The average molecular weight is 328 g/mol. The lowest BCUT2D eigenvalue weighted by Gasteiger charge is -2.33. The lowest BCUT2D eigenvalue weighted by atomic mass is 10.1. The quantitative estimate of drug-likeness (QED) is 0.922. The largest absolute Gasteiger partial charge is 0.476 e. The van der Waals surface area contributed by atoms with E-state index in [1.807, 2.05) is 0 Å². The Bertz CT molecular complexity index is 807. The van der Waals surface area contributed by atoms with Gasteiger partial charge in [0.15, 0.2) is 6.10 Å². The maximum Gasteiger partial charge on any atom is 0.267 e. The number of anilines is 2. The summed E-state index contributed by atoms with van der Waals surface area (Å²) in [5, 5.41) is 2.73. The third kappa shape index (κ3) is 3.08. The molecule has 1 atom stereocenters. The molecule has 0 aliphatic carbocycles. The smallest absolute Gasteiger partial charge is 0.267 e. The van der Waals surface area contributed by atoms with Crippen LogP contribution in [0.3, 0.4) is 0 Å². The zero-order valence-corrected chi connectivity index (χ0v) is 13.4. The number of nitrogens with zero attached hydrogens (tertiary/aromatic N) is 1. The van der Waals surface area contributed by atoms with Crippen molar-refractivity contribution in [3.8, 4) is 5.75 Å². The number of carbonyl (C=O) groups is 2. The van der Waals surface area contributed by atoms with E-state index in [1.165, 1.54) is 30.0 Å². The van der Waals surface area contributed by atoms with Crippen LogP contribution < -0.4 is 15.0 Å². The minimum Gasteiger partial charge on any atom is -0.476 e. The van der Waals surface area contributed by atoms with E-state index in [0.717, 1.165) is 0 Å². The molecule has 0 bridgehead atoms. The van der Waals surface area contributed by atoms with E-state index in [9.17, 15) is 14.0 Å². The van der Waals surface area contributed by atoms with E-state index < -0.39 is 6.10 Å². The molecule has 0 saturated heterocycles. The van der Waals surface area contributed by atoms with Crippen LogP contribution in [-0.2, 0) is 9.59 Å². The predicted molar refractivity (Wildman–Crippen MR) is 88.7 cm³/mol. The summed E-state index contributed by atoms with van der Waals surface area (Å²) in [5.41, 5.74) is 1.77. The monoisotopic (exact) mass is 328 g/mol. The molecule has 24 heavy (non-hydrogen) atoms. The fraction of sp³-hybridized carbons (Fsp3) is 0.222. The van der Waals surface area contributed by atoms with Crippen LogP contribution >= 0.6 is 0 Å². The molecular formula is C18H17FN2O3. The molecule has 1 aliphatic rings. The molecule has 0 radical (unpaired) electrons. The molecule has 2 aromatic carbocycles. The second-order valence-electron chi connectivity index (χ2n) is 5.65. The second-order valence-corrected chi connectivity index (χ2v) is 5.65. The normalized spacial score (nSPS) is 16.1. The van der Waals surface area contributed by atoms with Gasteiger partial charge in [0.05, 0.1) is 12.2 Å². The minimum absolute atomic E-state index is 0.123. The van der Waals surface area contributed by atoms with Crippen LogP contribution in [0.25, 0.3) is 0 Å². The van der Waals surface area contributed by atoms with E-state index in [4.69, 9.17) is 4.74 Å². The number of benzene rings is 2. The third-order valence-corrected chi connectivity index (χ3v) is 3.89. The highest BCUT2D eigenvalue weighted by Gasteiger charge is 2.32. The number of carbonyl (C=O) groups excluding carboxylic acids is 2. The van der Waals surface area contributed by atoms with E-state index in [1.54, 1.807) is 31.2 Å². The van der Waals surface area contributed by atoms with Crippen LogP contribution in [0.2, 0.25) is 0 Å². The third-order valence-electron chi connectivity index (χ3n) is 3.89. The SMILES string of the molecule is CC(=O)N1C[C@H](C(=O)Nc2ccc(F)cc2C)Oc2ccccc21. The van der Waals surface area contributed by atoms with Crippen molar-refractivity contribution in [3.63, 3.8) is 0 Å². The molecule has 1 N–H and O–H groups in total. The Morgan fingerprint density at radius 2 is 2.00 bits per heavy atom. The molecule has 2 aromatic rings. The van der Waals surface area contributed by atoms with Gasteiger partial charge in [-0.05, 0) is 42.8 Å². The summed E-state index contributed by atoms with van der Waals surface area (Å²) in [6, 6.07) is 11.2. The second kappa shape index (κ2) is 6.31. The zero-order valence-electron chi connectivity index (χ0n) is 13.4. The molecule has 0 aromatic heterocycles. The van der Waals surface area contributed by atoms with Crippen molar-refractivity contribution in [2.75, 3.05) is 16.8 Å². The van der Waals surface area contributed by atoms with Gasteiger partial charge in [-0.2, -0.15) is 0 Å². The van der Waals surface area contributed by atoms with Gasteiger partial charge in [-0.25, -0.2) is 4.39 Å². The van der Waals surface area contributed by atoms with Gasteiger partial charge in [-0.1, -0.05) is 12.1 Å².